The maximum Gasteiger partial charge on any atom is 0.416 e. The molecule has 0 spiro atoms. The molecule has 108 valence electrons. The summed E-state index contributed by atoms with van der Waals surface area (Å²) in [6, 6.07) is 4.66. The van der Waals surface area contributed by atoms with Gasteiger partial charge in [-0.1, -0.05) is 19.9 Å². The fraction of sp³-hybridized carbons (Fsp3) is 0.571. The maximum atomic E-state index is 13.1. The van der Waals surface area contributed by atoms with Gasteiger partial charge in [-0.3, -0.25) is 0 Å². The molecule has 0 bridgehead atoms. The van der Waals surface area contributed by atoms with Gasteiger partial charge in [0.2, 0.25) is 0 Å². The summed E-state index contributed by atoms with van der Waals surface area (Å²) in [5, 5.41) is 3.02. The third kappa shape index (κ3) is 4.42. The van der Waals surface area contributed by atoms with E-state index in [-0.39, 0.29) is 18.2 Å². The molecule has 0 radical (unpaired) electrons. The number of nitrogens with one attached hydrogen (secondary N) is 1. The Morgan fingerprint density at radius 2 is 1.89 bits per heavy atom. The molecule has 0 aromatic heterocycles. The number of anilines is 1. The summed E-state index contributed by atoms with van der Waals surface area (Å²) in [5.74, 6) is 0. The Balaban J connectivity index is 3.10. The van der Waals surface area contributed by atoms with Crippen LogP contribution in [-0.4, -0.2) is 19.6 Å². The highest BCUT2D eigenvalue weighted by atomic mass is 19.4. The van der Waals surface area contributed by atoms with Crippen LogP contribution in [0.5, 0.6) is 0 Å². The Morgan fingerprint density at radius 3 is 2.37 bits per heavy atom. The molecule has 0 aliphatic heterocycles. The fourth-order valence-corrected chi connectivity index (χ4v) is 1.72. The van der Waals surface area contributed by atoms with Gasteiger partial charge in [-0.2, -0.15) is 13.2 Å². The summed E-state index contributed by atoms with van der Waals surface area (Å²) in [6.45, 7) is 6.62. The van der Waals surface area contributed by atoms with Crippen LogP contribution in [0.15, 0.2) is 18.2 Å². The zero-order chi connectivity index (χ0) is 14.6. The first-order chi connectivity index (χ1) is 8.75. The molecule has 1 aromatic rings. The van der Waals surface area contributed by atoms with E-state index in [1.54, 1.807) is 24.1 Å². The van der Waals surface area contributed by atoms with Crippen LogP contribution in [0.25, 0.3) is 0 Å². The van der Waals surface area contributed by atoms with Gasteiger partial charge in [0.05, 0.1) is 5.56 Å². The summed E-state index contributed by atoms with van der Waals surface area (Å²) >= 11 is 0. The van der Waals surface area contributed by atoms with Crippen LogP contribution >= 0.6 is 0 Å². The molecule has 0 heterocycles. The standard InChI is InChI=1S/C14H21F3N2/c1-5-19(4)12-7-6-11(9-18-10(2)3)13(8-12)14(15,16)17/h6-8,10,18H,5,9H2,1-4H3. The molecule has 1 aromatic carbocycles. The van der Waals surface area contributed by atoms with Gasteiger partial charge >= 0.3 is 6.18 Å². The van der Waals surface area contributed by atoms with E-state index in [9.17, 15) is 13.2 Å². The molecule has 5 heteroatoms. The van der Waals surface area contributed by atoms with Crippen molar-refractivity contribution < 1.29 is 13.2 Å². The van der Waals surface area contributed by atoms with Crippen LogP contribution < -0.4 is 10.2 Å². The van der Waals surface area contributed by atoms with Crippen molar-refractivity contribution in [2.45, 2.75) is 39.5 Å². The predicted molar refractivity (Wildman–Crippen MR) is 72.4 cm³/mol. The van der Waals surface area contributed by atoms with E-state index in [4.69, 9.17) is 0 Å². The summed E-state index contributed by atoms with van der Waals surface area (Å²) in [4.78, 5) is 1.79. The van der Waals surface area contributed by atoms with Crippen molar-refractivity contribution in [3.8, 4) is 0 Å². The number of rotatable bonds is 5. The Bertz CT molecular complexity index is 414. The Kier molecular flexibility index (Phi) is 5.23. The smallest absolute Gasteiger partial charge is 0.375 e. The van der Waals surface area contributed by atoms with Crippen molar-refractivity contribution in [2.75, 3.05) is 18.5 Å². The zero-order valence-electron chi connectivity index (χ0n) is 11.8. The minimum atomic E-state index is -4.32. The van der Waals surface area contributed by atoms with E-state index in [1.165, 1.54) is 6.07 Å². The molecule has 0 amide bonds. The summed E-state index contributed by atoms with van der Waals surface area (Å²) < 4.78 is 39.2. The van der Waals surface area contributed by atoms with Crippen molar-refractivity contribution in [3.05, 3.63) is 29.3 Å². The van der Waals surface area contributed by atoms with Crippen LogP contribution in [0.1, 0.15) is 31.9 Å². The second-order valence-electron chi connectivity index (χ2n) is 4.89. The molecule has 0 aliphatic rings. The van der Waals surface area contributed by atoms with Gasteiger partial charge < -0.3 is 10.2 Å². The number of halogens is 3. The first kappa shape index (κ1) is 15.8. The maximum absolute atomic E-state index is 13.1. The number of hydrogen-bond acceptors (Lipinski definition) is 2. The lowest BCUT2D eigenvalue weighted by Gasteiger charge is -2.21. The van der Waals surface area contributed by atoms with E-state index < -0.39 is 11.7 Å². The van der Waals surface area contributed by atoms with Gasteiger partial charge in [-0.15, -0.1) is 0 Å². The van der Waals surface area contributed by atoms with E-state index in [0.29, 0.717) is 12.2 Å². The van der Waals surface area contributed by atoms with E-state index in [0.717, 1.165) is 0 Å². The SMILES string of the molecule is CCN(C)c1ccc(CNC(C)C)c(C(F)(F)F)c1. The number of nitrogens with zero attached hydrogens (tertiary/aromatic N) is 1. The minimum absolute atomic E-state index is 0.152. The monoisotopic (exact) mass is 274 g/mol. The largest absolute Gasteiger partial charge is 0.416 e. The highest BCUT2D eigenvalue weighted by Gasteiger charge is 2.33. The second-order valence-corrected chi connectivity index (χ2v) is 4.89. The highest BCUT2D eigenvalue weighted by molar-refractivity contribution is 5.51. The van der Waals surface area contributed by atoms with Crippen molar-refractivity contribution in [2.24, 2.45) is 0 Å². The van der Waals surface area contributed by atoms with Crippen LogP contribution in [0, 0.1) is 0 Å². The van der Waals surface area contributed by atoms with Crippen molar-refractivity contribution >= 4 is 5.69 Å². The van der Waals surface area contributed by atoms with Crippen LogP contribution in [-0.2, 0) is 12.7 Å². The zero-order valence-corrected chi connectivity index (χ0v) is 11.8. The van der Waals surface area contributed by atoms with Crippen molar-refractivity contribution in [1.29, 1.82) is 0 Å². The van der Waals surface area contributed by atoms with Crippen LogP contribution in [0.4, 0.5) is 18.9 Å². The quantitative estimate of drug-likeness (QED) is 0.881. The van der Waals surface area contributed by atoms with E-state index in [1.807, 2.05) is 20.8 Å². The minimum Gasteiger partial charge on any atom is -0.375 e. The van der Waals surface area contributed by atoms with Gasteiger partial charge in [0, 0.05) is 31.9 Å². The van der Waals surface area contributed by atoms with Crippen LogP contribution in [0.2, 0.25) is 0 Å². The molecule has 19 heavy (non-hydrogen) atoms. The molecule has 0 fully saturated rings. The molecular weight excluding hydrogens is 253 g/mol. The molecule has 0 saturated carbocycles. The third-order valence-corrected chi connectivity index (χ3v) is 3.01. The lowest BCUT2D eigenvalue weighted by Crippen LogP contribution is -2.24. The van der Waals surface area contributed by atoms with Crippen LogP contribution in [0.3, 0.4) is 0 Å². The summed E-state index contributed by atoms with van der Waals surface area (Å²) in [7, 11) is 1.78. The summed E-state index contributed by atoms with van der Waals surface area (Å²) in [5.41, 5.74) is 0.316. The van der Waals surface area contributed by atoms with Gasteiger partial charge in [0.15, 0.2) is 0 Å². The third-order valence-electron chi connectivity index (χ3n) is 3.01. The number of benzene rings is 1. The molecule has 1 rings (SSSR count). The average Bonchev–Trinajstić information content (AvgIpc) is 2.34. The first-order valence-electron chi connectivity index (χ1n) is 6.40. The van der Waals surface area contributed by atoms with E-state index in [2.05, 4.69) is 5.32 Å². The lowest BCUT2D eigenvalue weighted by molar-refractivity contribution is -0.138. The van der Waals surface area contributed by atoms with Gasteiger partial charge in [0.1, 0.15) is 0 Å². The Hall–Kier alpha value is -1.23. The molecule has 0 unspecified atom stereocenters. The van der Waals surface area contributed by atoms with E-state index >= 15 is 0 Å². The van der Waals surface area contributed by atoms with Crippen molar-refractivity contribution in [1.82, 2.24) is 5.32 Å². The highest BCUT2D eigenvalue weighted by Crippen LogP contribution is 2.34. The van der Waals surface area contributed by atoms with Gasteiger partial charge in [0.25, 0.3) is 0 Å². The number of alkyl halides is 3. The Morgan fingerprint density at radius 1 is 1.26 bits per heavy atom. The van der Waals surface area contributed by atoms with Gasteiger partial charge in [-0.25, -0.2) is 0 Å². The molecule has 1 N–H and O–H groups in total. The normalized spacial score (nSPS) is 12.0. The average molecular weight is 274 g/mol. The molecular formula is C14H21F3N2. The molecule has 2 nitrogen and oxygen atoms in total. The van der Waals surface area contributed by atoms with Gasteiger partial charge in [-0.05, 0) is 24.6 Å². The topological polar surface area (TPSA) is 15.3 Å². The lowest BCUT2D eigenvalue weighted by atomic mass is 10.1. The second kappa shape index (κ2) is 6.28. The molecule has 0 atom stereocenters. The molecule has 0 saturated heterocycles. The Labute approximate surface area is 112 Å². The van der Waals surface area contributed by atoms with Crippen molar-refractivity contribution in [3.63, 3.8) is 0 Å². The summed E-state index contributed by atoms with van der Waals surface area (Å²) in [6.07, 6.45) is -4.32. The number of hydrogen-bond donors (Lipinski definition) is 1. The predicted octanol–water partition coefficient (Wildman–Crippen LogP) is 3.66. The molecule has 0 aliphatic carbocycles. The first-order valence-corrected chi connectivity index (χ1v) is 6.40. The fourth-order valence-electron chi connectivity index (χ4n) is 1.72.